The first-order chi connectivity index (χ1) is 13.2. The van der Waals surface area contributed by atoms with Crippen LogP contribution in [0.3, 0.4) is 0 Å². The van der Waals surface area contributed by atoms with Crippen molar-refractivity contribution >= 4 is 45.5 Å². The third-order valence-corrected chi connectivity index (χ3v) is 5.70. The molecule has 0 saturated heterocycles. The molecule has 1 amide bonds. The van der Waals surface area contributed by atoms with Crippen LogP contribution in [0.1, 0.15) is 31.0 Å². The molecule has 0 bridgehead atoms. The van der Waals surface area contributed by atoms with Crippen LogP contribution in [0, 0.1) is 0 Å². The van der Waals surface area contributed by atoms with E-state index in [0.29, 0.717) is 11.1 Å². The third-order valence-electron chi connectivity index (χ3n) is 4.88. The normalized spacial score (nSPS) is 14.5. The molecule has 0 spiro atoms. The molecule has 0 unspecified atom stereocenters. The number of anilines is 1. The van der Waals surface area contributed by atoms with Gasteiger partial charge < -0.3 is 14.7 Å². The fourth-order valence-corrected chi connectivity index (χ4v) is 3.86. The molecule has 0 atom stereocenters. The third kappa shape index (κ3) is 3.30. The van der Waals surface area contributed by atoms with Crippen molar-refractivity contribution in [1.29, 1.82) is 0 Å². The summed E-state index contributed by atoms with van der Waals surface area (Å²) >= 11 is 1.29. The summed E-state index contributed by atoms with van der Waals surface area (Å²) in [4.78, 5) is 24.7. The number of oxazole rings is 1. The smallest absolute Gasteiger partial charge is 0.257 e. The van der Waals surface area contributed by atoms with Crippen LogP contribution in [0.15, 0.2) is 52.1 Å². The summed E-state index contributed by atoms with van der Waals surface area (Å²) < 4.78 is 5.63. The Morgan fingerprint density at radius 1 is 1.19 bits per heavy atom. The lowest BCUT2D eigenvalue weighted by Crippen LogP contribution is -2.13. The number of nitrogens with one attached hydrogen (secondary N) is 2. The Labute approximate surface area is 159 Å². The Hall–Kier alpha value is -2.80. The Kier molecular flexibility index (Phi) is 4.09. The van der Waals surface area contributed by atoms with E-state index in [9.17, 15) is 4.79 Å². The number of rotatable bonds is 5. The molecule has 2 heterocycles. The molecule has 5 rings (SSSR count). The van der Waals surface area contributed by atoms with E-state index in [-0.39, 0.29) is 11.7 Å². The van der Waals surface area contributed by atoms with Crippen LogP contribution in [-0.2, 0) is 4.79 Å². The van der Waals surface area contributed by atoms with E-state index in [2.05, 4.69) is 20.3 Å². The molecule has 2 N–H and O–H groups in total. The van der Waals surface area contributed by atoms with Gasteiger partial charge >= 0.3 is 0 Å². The predicted molar refractivity (Wildman–Crippen MR) is 106 cm³/mol. The van der Waals surface area contributed by atoms with Crippen LogP contribution in [0.5, 0.6) is 0 Å². The summed E-state index contributed by atoms with van der Waals surface area (Å²) in [6, 6.07) is 13.3. The van der Waals surface area contributed by atoms with E-state index < -0.39 is 0 Å². The number of hydrogen-bond acceptors (Lipinski definition) is 5. The van der Waals surface area contributed by atoms with E-state index in [4.69, 9.17) is 4.42 Å². The average molecular weight is 378 g/mol. The molecule has 1 fully saturated rings. The molecule has 6 nitrogen and oxygen atoms in total. The van der Waals surface area contributed by atoms with E-state index in [0.717, 1.165) is 33.6 Å². The summed E-state index contributed by atoms with van der Waals surface area (Å²) in [5.74, 6) is 1.76. The molecular weight excluding hydrogens is 360 g/mol. The van der Waals surface area contributed by atoms with Crippen LogP contribution in [0.4, 0.5) is 5.69 Å². The van der Waals surface area contributed by atoms with Crippen LogP contribution in [-0.4, -0.2) is 26.6 Å². The van der Waals surface area contributed by atoms with Gasteiger partial charge in [0.2, 0.25) is 5.91 Å². The highest BCUT2D eigenvalue weighted by Crippen LogP contribution is 2.35. The summed E-state index contributed by atoms with van der Waals surface area (Å²) in [6.07, 6.45) is 3.69. The number of para-hydroxylation sites is 2. The van der Waals surface area contributed by atoms with E-state index in [1.54, 1.807) is 0 Å². The van der Waals surface area contributed by atoms with E-state index in [1.165, 1.54) is 31.0 Å². The van der Waals surface area contributed by atoms with Gasteiger partial charge in [-0.25, -0.2) is 9.97 Å². The molecular formula is C20H18N4O2S. The van der Waals surface area contributed by atoms with Crippen molar-refractivity contribution in [1.82, 2.24) is 15.0 Å². The Morgan fingerprint density at radius 2 is 2.07 bits per heavy atom. The first-order valence-electron chi connectivity index (χ1n) is 9.02. The minimum absolute atomic E-state index is 0.0969. The van der Waals surface area contributed by atoms with Gasteiger partial charge in [0.1, 0.15) is 11.3 Å². The number of aromatic nitrogens is 3. The predicted octanol–water partition coefficient (Wildman–Crippen LogP) is 4.70. The number of imidazole rings is 1. The monoisotopic (exact) mass is 378 g/mol. The Balaban J connectivity index is 1.24. The minimum atomic E-state index is -0.0969. The number of aromatic amines is 1. The van der Waals surface area contributed by atoms with Crippen LogP contribution < -0.4 is 5.32 Å². The van der Waals surface area contributed by atoms with Crippen molar-refractivity contribution < 1.29 is 9.21 Å². The minimum Gasteiger partial charge on any atom is -0.431 e. The molecule has 2 aromatic carbocycles. The fourth-order valence-electron chi connectivity index (χ4n) is 3.22. The SMILES string of the molecule is O=C(CSc1nc2ccccc2o1)Nc1ccc2nc(C3CCC3)[nH]c2c1. The summed E-state index contributed by atoms with van der Waals surface area (Å²) in [5.41, 5.74) is 4.19. The van der Waals surface area contributed by atoms with Gasteiger partial charge in [-0.2, -0.15) is 0 Å². The largest absolute Gasteiger partial charge is 0.431 e. The molecule has 136 valence electrons. The second-order valence-corrected chi connectivity index (χ2v) is 7.69. The highest BCUT2D eigenvalue weighted by molar-refractivity contribution is 7.99. The standard InChI is InChI=1S/C20H18N4O2S/c25-18(11-27-20-24-15-6-1-2-7-17(15)26-20)21-13-8-9-14-16(10-13)23-19(22-14)12-4-3-5-12/h1-2,6-10,12H,3-5,11H2,(H,21,25)(H,22,23). The van der Waals surface area contributed by atoms with Crippen molar-refractivity contribution in [2.75, 3.05) is 11.1 Å². The maximum absolute atomic E-state index is 12.3. The van der Waals surface area contributed by atoms with Gasteiger partial charge in [0.15, 0.2) is 5.58 Å². The highest BCUT2D eigenvalue weighted by Gasteiger charge is 2.22. The van der Waals surface area contributed by atoms with E-state index >= 15 is 0 Å². The van der Waals surface area contributed by atoms with Gasteiger partial charge in [-0.3, -0.25) is 4.79 Å². The Bertz CT molecular complexity index is 1100. The first kappa shape index (κ1) is 16.4. The van der Waals surface area contributed by atoms with Gasteiger partial charge in [0.05, 0.1) is 16.8 Å². The number of carbonyl (C=O) groups is 1. The molecule has 1 aliphatic carbocycles. The second-order valence-electron chi connectivity index (χ2n) is 6.77. The number of H-pyrrole nitrogens is 1. The molecule has 2 aromatic heterocycles. The molecule has 4 aromatic rings. The molecule has 27 heavy (non-hydrogen) atoms. The maximum Gasteiger partial charge on any atom is 0.257 e. The van der Waals surface area contributed by atoms with E-state index in [1.807, 2.05) is 42.5 Å². The van der Waals surface area contributed by atoms with Crippen molar-refractivity contribution in [3.63, 3.8) is 0 Å². The number of amides is 1. The summed E-state index contributed by atoms with van der Waals surface area (Å²) in [7, 11) is 0. The first-order valence-corrected chi connectivity index (χ1v) is 10.0. The Morgan fingerprint density at radius 3 is 2.89 bits per heavy atom. The number of benzene rings is 2. The fraction of sp³-hybridized carbons (Fsp3) is 0.250. The number of hydrogen-bond donors (Lipinski definition) is 2. The molecule has 1 aliphatic rings. The number of thioether (sulfide) groups is 1. The summed E-state index contributed by atoms with van der Waals surface area (Å²) in [5, 5.41) is 3.43. The van der Waals surface area contributed by atoms with Crippen molar-refractivity contribution in [3.05, 3.63) is 48.3 Å². The zero-order valence-corrected chi connectivity index (χ0v) is 15.4. The van der Waals surface area contributed by atoms with Gasteiger partial charge in [-0.1, -0.05) is 30.3 Å². The van der Waals surface area contributed by atoms with Crippen LogP contribution >= 0.6 is 11.8 Å². The molecule has 0 radical (unpaired) electrons. The lowest BCUT2D eigenvalue weighted by Gasteiger charge is -2.22. The van der Waals surface area contributed by atoms with Crippen molar-refractivity contribution in [3.8, 4) is 0 Å². The van der Waals surface area contributed by atoms with Crippen molar-refractivity contribution in [2.45, 2.75) is 30.4 Å². The number of carbonyl (C=O) groups excluding carboxylic acids is 1. The number of nitrogens with zero attached hydrogens (tertiary/aromatic N) is 2. The van der Waals surface area contributed by atoms with Gasteiger partial charge in [0, 0.05) is 11.6 Å². The topological polar surface area (TPSA) is 83.8 Å². The van der Waals surface area contributed by atoms with Gasteiger partial charge in [-0.15, -0.1) is 0 Å². The highest BCUT2D eigenvalue weighted by atomic mass is 32.2. The van der Waals surface area contributed by atoms with Crippen LogP contribution in [0.2, 0.25) is 0 Å². The van der Waals surface area contributed by atoms with Gasteiger partial charge in [-0.05, 0) is 43.2 Å². The zero-order chi connectivity index (χ0) is 18.2. The molecule has 7 heteroatoms. The lowest BCUT2D eigenvalue weighted by molar-refractivity contribution is -0.113. The lowest BCUT2D eigenvalue weighted by atomic mass is 9.85. The second kappa shape index (κ2) is 6.74. The van der Waals surface area contributed by atoms with Crippen LogP contribution in [0.25, 0.3) is 22.1 Å². The molecule has 1 saturated carbocycles. The quantitative estimate of drug-likeness (QED) is 0.492. The maximum atomic E-state index is 12.3. The van der Waals surface area contributed by atoms with Crippen molar-refractivity contribution in [2.24, 2.45) is 0 Å². The zero-order valence-electron chi connectivity index (χ0n) is 14.6. The number of fused-ring (bicyclic) bond motifs is 2. The average Bonchev–Trinajstić information content (AvgIpc) is 3.21. The molecule has 0 aliphatic heterocycles. The summed E-state index contributed by atoms with van der Waals surface area (Å²) in [6.45, 7) is 0. The van der Waals surface area contributed by atoms with Gasteiger partial charge in [0.25, 0.3) is 5.22 Å².